The largest absolute Gasteiger partial charge is 0.390 e. The Labute approximate surface area is 174 Å². The number of likely N-dealkylation sites (N-methyl/N-ethyl adjacent to an activating group) is 2. The highest BCUT2D eigenvalue weighted by atomic mass is 16.5. The van der Waals surface area contributed by atoms with Crippen molar-refractivity contribution < 1.29 is 14.6 Å². The van der Waals surface area contributed by atoms with Gasteiger partial charge < -0.3 is 19.6 Å². The number of ether oxygens (including phenoxy) is 1. The van der Waals surface area contributed by atoms with Gasteiger partial charge in [0.25, 0.3) is 0 Å². The summed E-state index contributed by atoms with van der Waals surface area (Å²) in [6, 6.07) is 10.4. The zero-order chi connectivity index (χ0) is 20.6. The molecule has 0 spiro atoms. The second kappa shape index (κ2) is 11.0. The van der Waals surface area contributed by atoms with Crippen molar-refractivity contribution in [2.75, 3.05) is 73.1 Å². The van der Waals surface area contributed by atoms with Crippen LogP contribution >= 0.6 is 0 Å². The minimum atomic E-state index is -0.519. The maximum Gasteiger partial charge on any atom is 0.225 e. The topological polar surface area (TPSA) is 59.5 Å². The monoisotopic (exact) mass is 404 g/mol. The molecule has 2 atom stereocenters. The molecule has 0 bridgehead atoms. The number of amides is 1. The van der Waals surface area contributed by atoms with E-state index in [2.05, 4.69) is 46.0 Å². The number of nitrogens with zero attached hydrogens (tertiary/aromatic N) is 4. The van der Waals surface area contributed by atoms with Gasteiger partial charge in [0, 0.05) is 66.0 Å². The van der Waals surface area contributed by atoms with E-state index >= 15 is 0 Å². The zero-order valence-corrected chi connectivity index (χ0v) is 17.9. The van der Waals surface area contributed by atoms with Crippen LogP contribution in [0.15, 0.2) is 30.3 Å². The molecule has 1 amide bonds. The Kier molecular flexibility index (Phi) is 8.44. The Morgan fingerprint density at radius 2 is 1.90 bits per heavy atom. The second-order valence-electron chi connectivity index (χ2n) is 8.45. The Balaban J connectivity index is 1.39. The van der Waals surface area contributed by atoms with Crippen molar-refractivity contribution in [1.29, 1.82) is 0 Å². The quantitative estimate of drug-likeness (QED) is 0.675. The molecule has 1 aromatic rings. The van der Waals surface area contributed by atoms with Crippen molar-refractivity contribution in [2.45, 2.75) is 25.2 Å². The summed E-state index contributed by atoms with van der Waals surface area (Å²) in [5, 5.41) is 10.4. The van der Waals surface area contributed by atoms with Gasteiger partial charge >= 0.3 is 0 Å². The van der Waals surface area contributed by atoms with E-state index in [0.29, 0.717) is 26.1 Å². The van der Waals surface area contributed by atoms with Crippen LogP contribution in [0.1, 0.15) is 12.0 Å². The van der Waals surface area contributed by atoms with Gasteiger partial charge in [-0.25, -0.2) is 0 Å². The number of piperazine rings is 1. The van der Waals surface area contributed by atoms with E-state index in [1.165, 1.54) is 5.56 Å². The molecule has 2 heterocycles. The Hall–Kier alpha value is -1.51. The number of hydrogen-bond donors (Lipinski definition) is 1. The van der Waals surface area contributed by atoms with Crippen molar-refractivity contribution >= 4 is 5.91 Å². The fourth-order valence-electron chi connectivity index (χ4n) is 4.04. The van der Waals surface area contributed by atoms with Crippen LogP contribution in [-0.4, -0.2) is 116 Å². The Bertz CT molecular complexity index is 622. The molecule has 2 unspecified atom stereocenters. The molecule has 0 radical (unpaired) electrons. The summed E-state index contributed by atoms with van der Waals surface area (Å²) >= 11 is 0. The normalized spacial score (nSPS) is 23.1. The van der Waals surface area contributed by atoms with Gasteiger partial charge in [-0.1, -0.05) is 30.3 Å². The molecule has 29 heavy (non-hydrogen) atoms. The SMILES string of the molecule is CN1CCN(CC(O)CN(C)C(=O)CC2CN(Cc3ccccc3)CCO2)CC1. The first-order valence-corrected chi connectivity index (χ1v) is 10.7. The Morgan fingerprint density at radius 1 is 1.17 bits per heavy atom. The predicted molar refractivity (Wildman–Crippen MR) is 114 cm³/mol. The number of rotatable bonds is 8. The fourth-order valence-corrected chi connectivity index (χ4v) is 4.04. The van der Waals surface area contributed by atoms with E-state index in [1.54, 1.807) is 11.9 Å². The summed E-state index contributed by atoms with van der Waals surface area (Å²) in [5.41, 5.74) is 1.28. The van der Waals surface area contributed by atoms with E-state index in [9.17, 15) is 9.90 Å². The number of morpholine rings is 1. The molecule has 2 fully saturated rings. The standard InChI is InChI=1S/C22H36N4O3/c1-23-8-10-25(11-9-23)17-20(27)16-24(2)22(28)14-21-18-26(12-13-29-21)15-19-6-4-3-5-7-19/h3-7,20-21,27H,8-18H2,1-2H3. The van der Waals surface area contributed by atoms with Crippen LogP contribution in [0.5, 0.6) is 0 Å². The molecule has 0 saturated carbocycles. The van der Waals surface area contributed by atoms with Crippen molar-refractivity contribution in [3.05, 3.63) is 35.9 Å². The maximum absolute atomic E-state index is 12.6. The van der Waals surface area contributed by atoms with Crippen molar-refractivity contribution in [3.63, 3.8) is 0 Å². The molecule has 1 N–H and O–H groups in total. The zero-order valence-electron chi connectivity index (χ0n) is 17.9. The van der Waals surface area contributed by atoms with Gasteiger partial charge in [-0.3, -0.25) is 14.6 Å². The van der Waals surface area contributed by atoms with E-state index in [-0.39, 0.29) is 12.0 Å². The molecule has 7 heteroatoms. The van der Waals surface area contributed by atoms with Gasteiger partial charge in [0.1, 0.15) is 0 Å². The number of aliphatic hydroxyl groups is 1. The second-order valence-corrected chi connectivity index (χ2v) is 8.45. The van der Waals surface area contributed by atoms with Gasteiger partial charge in [-0.15, -0.1) is 0 Å². The van der Waals surface area contributed by atoms with Crippen LogP contribution < -0.4 is 0 Å². The van der Waals surface area contributed by atoms with Crippen molar-refractivity contribution in [2.24, 2.45) is 0 Å². The number of β-amino-alcohol motifs (C(OH)–C–C–N with tert-alkyl or cyclic N) is 1. The summed E-state index contributed by atoms with van der Waals surface area (Å²) in [6.45, 7) is 8.17. The van der Waals surface area contributed by atoms with Crippen LogP contribution in [-0.2, 0) is 16.1 Å². The number of hydrogen-bond acceptors (Lipinski definition) is 6. The summed E-state index contributed by atoms with van der Waals surface area (Å²) < 4.78 is 5.84. The van der Waals surface area contributed by atoms with Crippen molar-refractivity contribution in [1.82, 2.24) is 19.6 Å². The molecule has 7 nitrogen and oxygen atoms in total. The van der Waals surface area contributed by atoms with Crippen LogP contribution in [0.4, 0.5) is 0 Å². The van der Waals surface area contributed by atoms with Gasteiger partial charge in [0.15, 0.2) is 0 Å². The summed E-state index contributed by atoms with van der Waals surface area (Å²) in [5.74, 6) is 0.0361. The van der Waals surface area contributed by atoms with E-state index < -0.39 is 6.10 Å². The molecular weight excluding hydrogens is 368 g/mol. The summed E-state index contributed by atoms with van der Waals surface area (Å²) in [4.78, 5) is 21.2. The van der Waals surface area contributed by atoms with E-state index in [0.717, 1.165) is 45.8 Å². The highest BCUT2D eigenvalue weighted by Gasteiger charge is 2.25. The van der Waals surface area contributed by atoms with Gasteiger partial charge in [-0.05, 0) is 12.6 Å². The first-order chi connectivity index (χ1) is 14.0. The fraction of sp³-hybridized carbons (Fsp3) is 0.682. The van der Waals surface area contributed by atoms with Crippen LogP contribution in [0, 0.1) is 0 Å². The molecule has 0 aliphatic carbocycles. The highest BCUT2D eigenvalue weighted by molar-refractivity contribution is 5.76. The summed E-state index contributed by atoms with van der Waals surface area (Å²) in [6.07, 6.45) is -0.241. The lowest BCUT2D eigenvalue weighted by molar-refractivity contribution is -0.136. The van der Waals surface area contributed by atoms with E-state index in [1.807, 2.05) is 6.07 Å². The lowest BCUT2D eigenvalue weighted by Crippen LogP contribution is -2.49. The molecule has 3 rings (SSSR count). The maximum atomic E-state index is 12.6. The number of carbonyl (C=O) groups is 1. The van der Waals surface area contributed by atoms with Crippen LogP contribution in [0.25, 0.3) is 0 Å². The minimum Gasteiger partial charge on any atom is -0.390 e. The minimum absolute atomic E-state index is 0.0361. The first-order valence-electron chi connectivity index (χ1n) is 10.7. The van der Waals surface area contributed by atoms with Gasteiger partial charge in [0.2, 0.25) is 5.91 Å². The number of aliphatic hydroxyl groups excluding tert-OH is 1. The third-order valence-corrected chi connectivity index (χ3v) is 5.85. The number of benzene rings is 1. The molecular formula is C22H36N4O3. The number of carbonyl (C=O) groups excluding carboxylic acids is 1. The van der Waals surface area contributed by atoms with Gasteiger partial charge in [0.05, 0.1) is 25.2 Å². The molecule has 2 aliphatic heterocycles. The third-order valence-electron chi connectivity index (χ3n) is 5.85. The highest BCUT2D eigenvalue weighted by Crippen LogP contribution is 2.14. The predicted octanol–water partition coefficient (Wildman–Crippen LogP) is 0.344. The first kappa shape index (κ1) is 22.2. The van der Waals surface area contributed by atoms with Crippen molar-refractivity contribution in [3.8, 4) is 0 Å². The molecule has 2 aliphatic rings. The van der Waals surface area contributed by atoms with Crippen LogP contribution in [0.2, 0.25) is 0 Å². The van der Waals surface area contributed by atoms with Crippen LogP contribution in [0.3, 0.4) is 0 Å². The molecule has 2 saturated heterocycles. The molecule has 162 valence electrons. The van der Waals surface area contributed by atoms with E-state index in [4.69, 9.17) is 4.74 Å². The average molecular weight is 405 g/mol. The molecule has 0 aromatic heterocycles. The lowest BCUT2D eigenvalue weighted by Gasteiger charge is -2.35. The lowest BCUT2D eigenvalue weighted by atomic mass is 10.1. The third kappa shape index (κ3) is 7.35. The van der Waals surface area contributed by atoms with Gasteiger partial charge in [-0.2, -0.15) is 0 Å². The Morgan fingerprint density at radius 3 is 2.62 bits per heavy atom. The molecule has 1 aromatic carbocycles. The average Bonchev–Trinajstić information content (AvgIpc) is 2.70. The summed E-state index contributed by atoms with van der Waals surface area (Å²) in [7, 11) is 3.90. The smallest absolute Gasteiger partial charge is 0.225 e.